The lowest BCUT2D eigenvalue weighted by Gasteiger charge is -2.10. The first kappa shape index (κ1) is 12.9. The Morgan fingerprint density at radius 2 is 2.07 bits per heavy atom. The van der Waals surface area contributed by atoms with E-state index in [1.165, 1.54) is 6.92 Å². The number of esters is 1. The highest BCUT2D eigenvalue weighted by Gasteiger charge is 2.12. The summed E-state index contributed by atoms with van der Waals surface area (Å²) in [4.78, 5) is 21.1. The maximum atomic E-state index is 10.9. The van der Waals surface area contributed by atoms with Crippen LogP contribution >= 0.6 is 0 Å². The first-order valence-electron chi connectivity index (χ1n) is 4.16. The minimum absolute atomic E-state index is 0.0579. The molecule has 0 radical (unpaired) electrons. The average Bonchev–Trinajstić information content (AvgIpc) is 2.02. The zero-order chi connectivity index (χ0) is 11.0. The molecule has 0 aliphatic carbocycles. The molecule has 0 saturated carbocycles. The molecule has 1 unspecified atom stereocenters. The zero-order valence-corrected chi connectivity index (χ0v) is 7.93. The van der Waals surface area contributed by atoms with Crippen LogP contribution in [-0.2, 0) is 19.1 Å². The molecule has 0 aromatic heterocycles. The predicted octanol–water partition coefficient (Wildman–Crippen LogP) is -0.598. The fourth-order valence-corrected chi connectivity index (χ4v) is 0.766. The molecule has 0 aliphatic rings. The van der Waals surface area contributed by atoms with Crippen molar-refractivity contribution in [3.8, 4) is 0 Å². The Bertz CT molecular complexity index is 190. The topological polar surface area (TPSA) is 93.1 Å². The fraction of sp³-hybridized carbons (Fsp3) is 0.750. The smallest absolute Gasteiger partial charge is 0.332 e. The van der Waals surface area contributed by atoms with E-state index in [4.69, 9.17) is 10.2 Å². The van der Waals surface area contributed by atoms with Gasteiger partial charge in [0.15, 0.2) is 0 Å². The molecule has 1 atom stereocenters. The molecule has 14 heavy (non-hydrogen) atoms. The fourth-order valence-electron chi connectivity index (χ4n) is 0.766. The van der Waals surface area contributed by atoms with Gasteiger partial charge in [-0.25, -0.2) is 4.79 Å². The third-order valence-electron chi connectivity index (χ3n) is 1.25. The van der Waals surface area contributed by atoms with Crippen molar-refractivity contribution in [2.75, 3.05) is 19.8 Å². The number of carbonyl (C=O) groups is 2. The summed E-state index contributed by atoms with van der Waals surface area (Å²) >= 11 is 0. The molecule has 0 rings (SSSR count). The quantitative estimate of drug-likeness (QED) is 0.427. The summed E-state index contributed by atoms with van der Waals surface area (Å²) in [7, 11) is 0. The Labute approximate surface area is 81.4 Å². The number of carboxylic acid groups (broad SMARTS) is 1. The van der Waals surface area contributed by atoms with Crippen LogP contribution in [0.3, 0.4) is 0 Å². The molecule has 0 saturated heterocycles. The van der Waals surface area contributed by atoms with E-state index < -0.39 is 18.0 Å². The van der Waals surface area contributed by atoms with Gasteiger partial charge < -0.3 is 19.7 Å². The van der Waals surface area contributed by atoms with Crippen molar-refractivity contribution in [2.24, 2.45) is 0 Å². The van der Waals surface area contributed by atoms with Crippen LogP contribution in [0.25, 0.3) is 0 Å². The number of carboxylic acids is 1. The molecule has 0 aliphatic heterocycles. The number of rotatable bonds is 7. The van der Waals surface area contributed by atoms with Crippen LogP contribution in [0.2, 0.25) is 0 Å². The Kier molecular flexibility index (Phi) is 6.69. The summed E-state index contributed by atoms with van der Waals surface area (Å²) in [5, 5.41) is 16.7. The van der Waals surface area contributed by atoms with Gasteiger partial charge in [-0.2, -0.15) is 0 Å². The van der Waals surface area contributed by atoms with Gasteiger partial charge in [-0.05, 0) is 6.92 Å². The van der Waals surface area contributed by atoms with Crippen molar-refractivity contribution in [1.82, 2.24) is 0 Å². The minimum Gasteiger partial charge on any atom is -0.481 e. The highest BCUT2D eigenvalue weighted by Crippen LogP contribution is 1.97. The predicted molar refractivity (Wildman–Crippen MR) is 45.7 cm³/mol. The van der Waals surface area contributed by atoms with Gasteiger partial charge in [-0.3, -0.25) is 4.79 Å². The third kappa shape index (κ3) is 7.51. The molecule has 82 valence electrons. The molecule has 0 amide bonds. The summed E-state index contributed by atoms with van der Waals surface area (Å²) in [6.07, 6.45) is -0.899. The molecule has 0 spiro atoms. The minimum atomic E-state index is -1.03. The number of ether oxygens (including phenoxy) is 2. The van der Waals surface area contributed by atoms with Gasteiger partial charge >= 0.3 is 11.9 Å². The lowest BCUT2D eigenvalue weighted by molar-refractivity contribution is -0.156. The molecule has 6 heteroatoms. The SMILES string of the molecule is CC(CC(=O)O)OC(=O)COCCO. The lowest BCUT2D eigenvalue weighted by atomic mass is 10.3. The Hall–Kier alpha value is -1.14. The van der Waals surface area contributed by atoms with E-state index in [1.54, 1.807) is 0 Å². The lowest BCUT2D eigenvalue weighted by Crippen LogP contribution is -2.22. The van der Waals surface area contributed by atoms with Gasteiger partial charge in [0.25, 0.3) is 0 Å². The van der Waals surface area contributed by atoms with Crippen molar-refractivity contribution in [3.05, 3.63) is 0 Å². The molecule has 2 N–H and O–H groups in total. The van der Waals surface area contributed by atoms with E-state index >= 15 is 0 Å². The van der Waals surface area contributed by atoms with Crippen LogP contribution in [0.5, 0.6) is 0 Å². The molecule has 0 bridgehead atoms. The zero-order valence-electron chi connectivity index (χ0n) is 7.93. The number of aliphatic carboxylic acids is 1. The highest BCUT2D eigenvalue weighted by atomic mass is 16.6. The monoisotopic (exact) mass is 206 g/mol. The van der Waals surface area contributed by atoms with E-state index in [-0.39, 0.29) is 26.2 Å². The Morgan fingerprint density at radius 3 is 2.57 bits per heavy atom. The second-order valence-corrected chi connectivity index (χ2v) is 2.67. The van der Waals surface area contributed by atoms with Gasteiger partial charge in [-0.1, -0.05) is 0 Å². The molecule has 0 fully saturated rings. The van der Waals surface area contributed by atoms with Gasteiger partial charge in [0, 0.05) is 0 Å². The van der Waals surface area contributed by atoms with Gasteiger partial charge in [0.05, 0.1) is 19.6 Å². The van der Waals surface area contributed by atoms with E-state index in [1.807, 2.05) is 0 Å². The van der Waals surface area contributed by atoms with Gasteiger partial charge in [-0.15, -0.1) is 0 Å². The number of carbonyl (C=O) groups excluding carboxylic acids is 1. The number of hydrogen-bond acceptors (Lipinski definition) is 5. The summed E-state index contributed by atoms with van der Waals surface area (Å²) in [6, 6.07) is 0. The molecule has 6 nitrogen and oxygen atoms in total. The maximum absolute atomic E-state index is 10.9. The van der Waals surface area contributed by atoms with Crippen molar-refractivity contribution in [3.63, 3.8) is 0 Å². The number of hydrogen-bond donors (Lipinski definition) is 2. The highest BCUT2D eigenvalue weighted by molar-refractivity contribution is 5.72. The largest absolute Gasteiger partial charge is 0.481 e. The van der Waals surface area contributed by atoms with E-state index in [0.717, 1.165) is 0 Å². The maximum Gasteiger partial charge on any atom is 0.332 e. The van der Waals surface area contributed by atoms with Crippen molar-refractivity contribution >= 4 is 11.9 Å². The standard InChI is InChI=1S/C8H14O6/c1-6(4-7(10)11)14-8(12)5-13-3-2-9/h6,9H,2-5H2,1H3,(H,10,11). The molecule has 0 aromatic rings. The summed E-state index contributed by atoms with van der Waals surface area (Å²) in [5.41, 5.74) is 0. The van der Waals surface area contributed by atoms with E-state index in [9.17, 15) is 9.59 Å². The van der Waals surface area contributed by atoms with Gasteiger partial charge in [0.1, 0.15) is 12.7 Å². The van der Waals surface area contributed by atoms with Crippen LogP contribution < -0.4 is 0 Å². The first-order chi connectivity index (χ1) is 6.56. The molecule has 0 aromatic carbocycles. The normalized spacial score (nSPS) is 12.1. The average molecular weight is 206 g/mol. The molecular formula is C8H14O6. The van der Waals surface area contributed by atoms with Crippen LogP contribution in [0.1, 0.15) is 13.3 Å². The van der Waals surface area contributed by atoms with Crippen molar-refractivity contribution < 1.29 is 29.3 Å². The van der Waals surface area contributed by atoms with Gasteiger partial charge in [0.2, 0.25) is 0 Å². The molecule has 0 heterocycles. The number of aliphatic hydroxyl groups excluding tert-OH is 1. The number of aliphatic hydroxyl groups is 1. The van der Waals surface area contributed by atoms with Crippen LogP contribution in [0.4, 0.5) is 0 Å². The van der Waals surface area contributed by atoms with E-state index in [2.05, 4.69) is 9.47 Å². The summed E-state index contributed by atoms with van der Waals surface area (Å²) in [6.45, 7) is 1.10. The van der Waals surface area contributed by atoms with E-state index in [0.29, 0.717) is 0 Å². The third-order valence-corrected chi connectivity index (χ3v) is 1.25. The van der Waals surface area contributed by atoms with Crippen LogP contribution in [0.15, 0.2) is 0 Å². The second kappa shape index (κ2) is 7.28. The summed E-state index contributed by atoms with van der Waals surface area (Å²) < 4.78 is 9.36. The van der Waals surface area contributed by atoms with Crippen LogP contribution in [0, 0.1) is 0 Å². The first-order valence-corrected chi connectivity index (χ1v) is 4.16. The Morgan fingerprint density at radius 1 is 1.43 bits per heavy atom. The second-order valence-electron chi connectivity index (χ2n) is 2.67. The van der Waals surface area contributed by atoms with Crippen LogP contribution in [-0.4, -0.2) is 48.1 Å². The van der Waals surface area contributed by atoms with Crippen molar-refractivity contribution in [2.45, 2.75) is 19.4 Å². The summed E-state index contributed by atoms with van der Waals surface area (Å²) in [5.74, 6) is -1.66. The Balaban J connectivity index is 3.55. The molecular weight excluding hydrogens is 192 g/mol. The van der Waals surface area contributed by atoms with Crippen molar-refractivity contribution in [1.29, 1.82) is 0 Å².